The minimum Gasteiger partial charge on any atom is -0.311 e. The second-order valence-corrected chi connectivity index (χ2v) is 11.9. The van der Waals surface area contributed by atoms with Gasteiger partial charge in [-0.15, -0.1) is 0 Å². The molecule has 0 unspecified atom stereocenters. The van der Waals surface area contributed by atoms with E-state index < -0.39 is 0 Å². The molecule has 0 amide bonds. The van der Waals surface area contributed by atoms with Crippen LogP contribution < -0.4 is 9.80 Å². The number of hydrogen-bond donors (Lipinski definition) is 0. The zero-order valence-corrected chi connectivity index (χ0v) is 26.5. The van der Waals surface area contributed by atoms with Crippen LogP contribution in [-0.4, -0.2) is 0 Å². The predicted molar refractivity (Wildman–Crippen MR) is 206 cm³/mol. The first-order chi connectivity index (χ1) is 23.8. The maximum absolute atomic E-state index is 2.36. The van der Waals surface area contributed by atoms with E-state index in [2.05, 4.69) is 216 Å². The maximum atomic E-state index is 2.36. The van der Waals surface area contributed by atoms with Crippen molar-refractivity contribution in [2.24, 2.45) is 0 Å². The third-order valence-electron chi connectivity index (χ3n) is 8.78. The molecule has 8 aromatic carbocycles. The third kappa shape index (κ3) is 5.95. The van der Waals surface area contributed by atoms with Gasteiger partial charge >= 0.3 is 0 Å². The Balaban J connectivity index is 1.08. The first kappa shape index (κ1) is 29.1. The second kappa shape index (κ2) is 13.2. The standard InChI is InChI=1S/C46H34N2/c1-4-15-40(16-5-1)47(41-17-6-2-7-18-41)43-30-26-35(27-31-43)23-24-36-25-28-39-34-44(32-29-38(39)33-36)48(42-19-8-3-9-20-42)46-22-12-14-37-13-10-11-21-45(37)46/h1-34H. The summed E-state index contributed by atoms with van der Waals surface area (Å²) in [6.07, 6.45) is 4.38. The molecule has 0 atom stereocenters. The van der Waals surface area contributed by atoms with Crippen molar-refractivity contribution in [2.45, 2.75) is 0 Å². The summed E-state index contributed by atoms with van der Waals surface area (Å²) < 4.78 is 0. The summed E-state index contributed by atoms with van der Waals surface area (Å²) >= 11 is 0. The molecule has 0 fully saturated rings. The average Bonchev–Trinajstić information content (AvgIpc) is 3.16. The van der Waals surface area contributed by atoms with Crippen LogP contribution in [0.3, 0.4) is 0 Å². The topological polar surface area (TPSA) is 6.48 Å². The molecule has 0 bridgehead atoms. The van der Waals surface area contributed by atoms with Gasteiger partial charge in [-0.2, -0.15) is 0 Å². The lowest BCUT2D eigenvalue weighted by atomic mass is 10.0. The van der Waals surface area contributed by atoms with Gasteiger partial charge < -0.3 is 9.80 Å². The Morgan fingerprint density at radius 3 is 1.46 bits per heavy atom. The van der Waals surface area contributed by atoms with Gasteiger partial charge in [-0.25, -0.2) is 0 Å². The molecule has 8 rings (SSSR count). The van der Waals surface area contributed by atoms with Crippen LogP contribution in [0.5, 0.6) is 0 Å². The van der Waals surface area contributed by atoms with Crippen LogP contribution in [-0.2, 0) is 0 Å². The molecule has 0 saturated heterocycles. The Labute approximate surface area is 282 Å². The summed E-state index contributed by atoms with van der Waals surface area (Å²) in [7, 11) is 0. The minimum absolute atomic E-state index is 1.12. The summed E-state index contributed by atoms with van der Waals surface area (Å²) in [6.45, 7) is 0. The van der Waals surface area contributed by atoms with Gasteiger partial charge in [-0.05, 0) is 100 Å². The number of anilines is 6. The second-order valence-electron chi connectivity index (χ2n) is 11.9. The van der Waals surface area contributed by atoms with Gasteiger partial charge in [-0.3, -0.25) is 0 Å². The Morgan fingerprint density at radius 1 is 0.292 bits per heavy atom. The summed E-state index contributed by atoms with van der Waals surface area (Å²) in [5, 5.41) is 4.87. The van der Waals surface area contributed by atoms with Crippen molar-refractivity contribution in [3.05, 3.63) is 205 Å². The SMILES string of the molecule is C(=Cc1ccc2cc(N(c3ccccc3)c3cccc4ccccc34)ccc2c1)c1ccc(N(c2ccccc2)c2ccccc2)cc1. The molecule has 0 aliphatic heterocycles. The summed E-state index contributed by atoms with van der Waals surface area (Å²) in [6, 6.07) is 69.0. The average molecular weight is 615 g/mol. The fraction of sp³-hybridized carbons (Fsp3) is 0. The van der Waals surface area contributed by atoms with Crippen LogP contribution in [0.1, 0.15) is 11.1 Å². The van der Waals surface area contributed by atoms with E-state index in [4.69, 9.17) is 0 Å². The van der Waals surface area contributed by atoms with Gasteiger partial charge in [0.1, 0.15) is 0 Å². The molecule has 0 aromatic heterocycles. The fourth-order valence-electron chi connectivity index (χ4n) is 6.43. The molecule has 48 heavy (non-hydrogen) atoms. The monoisotopic (exact) mass is 614 g/mol. The van der Waals surface area contributed by atoms with E-state index in [1.807, 2.05) is 0 Å². The van der Waals surface area contributed by atoms with E-state index in [9.17, 15) is 0 Å². The molecular formula is C46H34N2. The van der Waals surface area contributed by atoms with Gasteiger partial charge in [0, 0.05) is 33.8 Å². The molecule has 0 heterocycles. The molecular weight excluding hydrogens is 581 g/mol. The number of para-hydroxylation sites is 3. The summed E-state index contributed by atoms with van der Waals surface area (Å²) in [5.74, 6) is 0. The Morgan fingerprint density at radius 2 is 0.771 bits per heavy atom. The highest BCUT2D eigenvalue weighted by atomic mass is 15.1. The first-order valence-corrected chi connectivity index (χ1v) is 16.4. The molecule has 2 heteroatoms. The van der Waals surface area contributed by atoms with Crippen LogP contribution in [0.15, 0.2) is 194 Å². The van der Waals surface area contributed by atoms with Crippen molar-refractivity contribution < 1.29 is 0 Å². The number of benzene rings is 8. The molecule has 0 saturated carbocycles. The van der Waals surface area contributed by atoms with E-state index in [1.54, 1.807) is 0 Å². The fourth-order valence-corrected chi connectivity index (χ4v) is 6.43. The molecule has 0 radical (unpaired) electrons. The number of nitrogens with zero attached hydrogens (tertiary/aromatic N) is 2. The minimum atomic E-state index is 1.12. The molecule has 8 aromatic rings. The van der Waals surface area contributed by atoms with E-state index in [-0.39, 0.29) is 0 Å². The normalized spacial score (nSPS) is 11.2. The smallest absolute Gasteiger partial charge is 0.0540 e. The van der Waals surface area contributed by atoms with Gasteiger partial charge in [0.05, 0.1) is 5.69 Å². The van der Waals surface area contributed by atoms with Crippen LogP contribution in [0.2, 0.25) is 0 Å². The van der Waals surface area contributed by atoms with Gasteiger partial charge in [0.15, 0.2) is 0 Å². The Bertz CT molecular complexity index is 2280. The van der Waals surface area contributed by atoms with Crippen molar-refractivity contribution in [1.29, 1.82) is 0 Å². The van der Waals surface area contributed by atoms with Crippen molar-refractivity contribution in [1.82, 2.24) is 0 Å². The quantitative estimate of drug-likeness (QED) is 0.157. The highest BCUT2D eigenvalue weighted by Gasteiger charge is 2.15. The molecule has 0 spiro atoms. The van der Waals surface area contributed by atoms with Gasteiger partial charge in [0.25, 0.3) is 0 Å². The van der Waals surface area contributed by atoms with E-state index >= 15 is 0 Å². The Hall–Kier alpha value is -6.38. The van der Waals surface area contributed by atoms with Crippen molar-refractivity contribution >= 4 is 67.8 Å². The first-order valence-electron chi connectivity index (χ1n) is 16.4. The van der Waals surface area contributed by atoms with E-state index in [0.717, 1.165) is 34.0 Å². The molecule has 2 nitrogen and oxygen atoms in total. The lowest BCUT2D eigenvalue weighted by Gasteiger charge is -2.27. The third-order valence-corrected chi connectivity index (χ3v) is 8.78. The van der Waals surface area contributed by atoms with Gasteiger partial charge in [0.2, 0.25) is 0 Å². The Kier molecular flexibility index (Phi) is 7.96. The van der Waals surface area contributed by atoms with Gasteiger partial charge in [-0.1, -0.05) is 133 Å². The molecule has 0 aliphatic rings. The number of fused-ring (bicyclic) bond motifs is 2. The van der Waals surface area contributed by atoms with Crippen molar-refractivity contribution in [3.63, 3.8) is 0 Å². The van der Waals surface area contributed by atoms with Crippen LogP contribution >= 0.6 is 0 Å². The zero-order chi connectivity index (χ0) is 32.1. The maximum Gasteiger partial charge on any atom is 0.0540 e. The number of hydrogen-bond acceptors (Lipinski definition) is 2. The molecule has 228 valence electrons. The van der Waals surface area contributed by atoms with E-state index in [1.165, 1.54) is 32.8 Å². The van der Waals surface area contributed by atoms with E-state index in [0.29, 0.717) is 0 Å². The highest BCUT2D eigenvalue weighted by Crippen LogP contribution is 2.40. The molecule has 0 aliphatic carbocycles. The van der Waals surface area contributed by atoms with Crippen LogP contribution in [0.4, 0.5) is 34.1 Å². The summed E-state index contributed by atoms with van der Waals surface area (Å²) in [5.41, 5.74) is 9.15. The molecule has 0 N–H and O–H groups in total. The lowest BCUT2D eigenvalue weighted by Crippen LogP contribution is -2.10. The lowest BCUT2D eigenvalue weighted by molar-refractivity contribution is 1.28. The van der Waals surface area contributed by atoms with Crippen molar-refractivity contribution in [3.8, 4) is 0 Å². The van der Waals surface area contributed by atoms with Crippen LogP contribution in [0, 0.1) is 0 Å². The predicted octanol–water partition coefficient (Wildman–Crippen LogP) is 13.1. The highest BCUT2D eigenvalue weighted by molar-refractivity contribution is 6.00. The number of rotatable bonds is 8. The summed E-state index contributed by atoms with van der Waals surface area (Å²) in [4.78, 5) is 4.64. The van der Waals surface area contributed by atoms with Crippen molar-refractivity contribution in [2.75, 3.05) is 9.80 Å². The zero-order valence-electron chi connectivity index (χ0n) is 26.5. The largest absolute Gasteiger partial charge is 0.311 e. The van der Waals surface area contributed by atoms with Crippen LogP contribution in [0.25, 0.3) is 33.7 Å².